The van der Waals surface area contributed by atoms with E-state index in [2.05, 4.69) is 24.5 Å². The number of rotatable bonds is 3. The van der Waals surface area contributed by atoms with Gasteiger partial charge in [-0.05, 0) is 71.0 Å². The van der Waals surface area contributed by atoms with Gasteiger partial charge in [-0.3, -0.25) is 9.69 Å². The molecule has 1 N–H and O–H groups in total. The first-order chi connectivity index (χ1) is 15.9. The van der Waals surface area contributed by atoms with Crippen molar-refractivity contribution in [2.24, 2.45) is 0 Å². The smallest absolute Gasteiger partial charge is 0.475 e. The van der Waals surface area contributed by atoms with Crippen molar-refractivity contribution in [3.63, 3.8) is 0 Å². The van der Waals surface area contributed by atoms with E-state index >= 15 is 0 Å². The normalized spacial score (nSPS) is 21.3. The average Bonchev–Trinajstić information content (AvgIpc) is 3.41. The Morgan fingerprint density at radius 2 is 1.74 bits per heavy atom. The number of halogens is 3. The zero-order chi connectivity index (χ0) is 25.1. The Labute approximate surface area is 199 Å². The summed E-state index contributed by atoms with van der Waals surface area (Å²) in [5.74, 6) is -1.72. The number of carbonyl (C=O) groups excluding carboxylic acids is 1. The third-order valence-electron chi connectivity index (χ3n) is 6.50. The second-order valence-electron chi connectivity index (χ2n) is 8.71. The molecule has 0 aliphatic carbocycles. The maximum atomic E-state index is 13.2. The lowest BCUT2D eigenvalue weighted by molar-refractivity contribution is -0.192. The number of aryl methyl sites for hydroxylation is 3. The molecule has 1 unspecified atom stereocenters. The monoisotopic (exact) mass is 503 g/mol. The Morgan fingerprint density at radius 3 is 2.26 bits per heavy atom. The molecule has 1 amide bonds. The maximum Gasteiger partial charge on any atom is 0.490 e. The first kappa shape index (κ1) is 26.1. The number of nitrogens with zero attached hydrogens (tertiary/aromatic N) is 5. The van der Waals surface area contributed by atoms with E-state index in [9.17, 15) is 18.0 Å². The highest BCUT2D eigenvalue weighted by atomic mass is 32.1. The van der Waals surface area contributed by atoms with Gasteiger partial charge >= 0.3 is 12.1 Å². The number of hydrogen-bond donors (Lipinski definition) is 1. The van der Waals surface area contributed by atoms with Gasteiger partial charge in [0.2, 0.25) is 0 Å². The van der Waals surface area contributed by atoms with Gasteiger partial charge in [0.25, 0.3) is 5.91 Å². The summed E-state index contributed by atoms with van der Waals surface area (Å²) >= 11 is 1.22. The number of hydrogen-bond acceptors (Lipinski definition) is 8. The Bertz CT molecular complexity index is 1000. The standard InChI is InChI=1S/C19H27N5O2S.C2HF3O2/c1-13-16(15(3)26-21-13)12-23-9-4-6-19(8-11-23)7-5-10-24(19)18(25)17-14(2)20-22-27-17;3-2(4,5)1(6)7/h4-12H2,1-3H3;(H,6,7). The molecule has 0 saturated carbocycles. The van der Waals surface area contributed by atoms with Crippen molar-refractivity contribution in [2.75, 3.05) is 19.6 Å². The molecule has 2 fully saturated rings. The van der Waals surface area contributed by atoms with E-state index in [-0.39, 0.29) is 11.4 Å². The van der Waals surface area contributed by atoms with Crippen LogP contribution in [0.1, 0.15) is 64.5 Å². The summed E-state index contributed by atoms with van der Waals surface area (Å²) in [6.07, 6.45) is 0.298. The quantitative estimate of drug-likeness (QED) is 0.674. The largest absolute Gasteiger partial charge is 0.490 e. The third kappa shape index (κ3) is 5.74. The summed E-state index contributed by atoms with van der Waals surface area (Å²) < 4.78 is 41.0. The van der Waals surface area contributed by atoms with Crippen LogP contribution >= 0.6 is 11.5 Å². The molecule has 2 saturated heterocycles. The van der Waals surface area contributed by atoms with Crippen LogP contribution in [0.5, 0.6) is 0 Å². The summed E-state index contributed by atoms with van der Waals surface area (Å²) in [7, 11) is 0. The van der Waals surface area contributed by atoms with Crippen LogP contribution in [0.3, 0.4) is 0 Å². The third-order valence-corrected chi connectivity index (χ3v) is 7.32. The molecule has 0 radical (unpaired) electrons. The van der Waals surface area contributed by atoms with E-state index in [1.54, 1.807) is 0 Å². The number of amides is 1. The summed E-state index contributed by atoms with van der Waals surface area (Å²) in [4.78, 5) is 27.4. The molecule has 188 valence electrons. The molecule has 2 aromatic rings. The molecular weight excluding hydrogens is 475 g/mol. The lowest BCUT2D eigenvalue weighted by atomic mass is 9.87. The molecule has 34 heavy (non-hydrogen) atoms. The predicted molar refractivity (Wildman–Crippen MR) is 116 cm³/mol. The van der Waals surface area contributed by atoms with E-state index in [4.69, 9.17) is 14.4 Å². The zero-order valence-electron chi connectivity index (χ0n) is 19.3. The number of aromatic nitrogens is 3. The van der Waals surface area contributed by atoms with Gasteiger partial charge in [-0.25, -0.2) is 4.79 Å². The Hall–Kier alpha value is -2.54. The zero-order valence-corrected chi connectivity index (χ0v) is 20.1. The van der Waals surface area contributed by atoms with Gasteiger partial charge in [-0.15, -0.1) is 5.10 Å². The van der Waals surface area contributed by atoms with Gasteiger partial charge in [-0.1, -0.05) is 9.64 Å². The summed E-state index contributed by atoms with van der Waals surface area (Å²) in [5.41, 5.74) is 2.93. The molecule has 4 rings (SSSR count). The van der Waals surface area contributed by atoms with Gasteiger partial charge in [-0.2, -0.15) is 13.2 Å². The Balaban J connectivity index is 0.000000406. The van der Waals surface area contributed by atoms with E-state index in [1.807, 2.05) is 20.8 Å². The average molecular weight is 504 g/mol. The lowest BCUT2D eigenvalue weighted by Gasteiger charge is -2.38. The highest BCUT2D eigenvalue weighted by Crippen LogP contribution is 2.40. The number of carboxylic acid groups (broad SMARTS) is 1. The molecule has 2 aromatic heterocycles. The fourth-order valence-electron chi connectivity index (χ4n) is 4.67. The SMILES string of the molecule is Cc1nnsc1C(=O)N1CCCC12CCCN(Cc1c(C)noc1C)CC2.O=C(O)C(F)(F)F. The van der Waals surface area contributed by atoms with Crippen molar-refractivity contribution in [1.82, 2.24) is 24.5 Å². The number of likely N-dealkylation sites (tertiary alicyclic amines) is 2. The number of alkyl halides is 3. The van der Waals surface area contributed by atoms with Crippen LogP contribution in [0.15, 0.2) is 4.52 Å². The maximum absolute atomic E-state index is 13.2. The van der Waals surface area contributed by atoms with Crippen LogP contribution < -0.4 is 0 Å². The minimum atomic E-state index is -5.08. The van der Waals surface area contributed by atoms with Crippen molar-refractivity contribution in [1.29, 1.82) is 0 Å². The van der Waals surface area contributed by atoms with Gasteiger partial charge < -0.3 is 14.5 Å². The van der Waals surface area contributed by atoms with Crippen LogP contribution in [0.25, 0.3) is 0 Å². The molecule has 13 heteroatoms. The van der Waals surface area contributed by atoms with Crippen molar-refractivity contribution in [3.05, 3.63) is 27.6 Å². The summed E-state index contributed by atoms with van der Waals surface area (Å²) in [6, 6.07) is 0. The fraction of sp³-hybridized carbons (Fsp3) is 0.667. The van der Waals surface area contributed by atoms with Crippen molar-refractivity contribution in [2.45, 2.75) is 71.1 Å². The minimum absolute atomic E-state index is 0.0129. The Kier molecular flexibility index (Phi) is 7.96. The molecule has 1 atom stereocenters. The first-order valence-corrected chi connectivity index (χ1v) is 11.8. The second-order valence-corrected chi connectivity index (χ2v) is 9.46. The van der Waals surface area contributed by atoms with E-state index in [0.29, 0.717) is 4.88 Å². The molecule has 1 spiro atoms. The van der Waals surface area contributed by atoms with Crippen molar-refractivity contribution < 1.29 is 32.4 Å². The lowest BCUT2D eigenvalue weighted by Crippen LogP contribution is -2.47. The van der Waals surface area contributed by atoms with Gasteiger partial charge in [0, 0.05) is 30.7 Å². The van der Waals surface area contributed by atoms with Gasteiger partial charge in [0.15, 0.2) is 0 Å². The Morgan fingerprint density at radius 1 is 1.09 bits per heavy atom. The van der Waals surface area contributed by atoms with Crippen LogP contribution in [-0.4, -0.2) is 72.9 Å². The molecule has 2 aliphatic heterocycles. The first-order valence-electron chi connectivity index (χ1n) is 11.0. The molecular formula is C21H28F3N5O4S. The van der Waals surface area contributed by atoms with Crippen LogP contribution in [0, 0.1) is 20.8 Å². The van der Waals surface area contributed by atoms with Crippen LogP contribution in [0.2, 0.25) is 0 Å². The van der Waals surface area contributed by atoms with Crippen molar-refractivity contribution >= 4 is 23.4 Å². The number of carboxylic acids is 1. The molecule has 2 aliphatic rings. The summed E-state index contributed by atoms with van der Waals surface area (Å²) in [5, 5.41) is 15.2. The number of carbonyl (C=O) groups is 2. The molecule has 0 aromatic carbocycles. The van der Waals surface area contributed by atoms with Gasteiger partial charge in [0.05, 0.1) is 11.4 Å². The second kappa shape index (κ2) is 10.4. The minimum Gasteiger partial charge on any atom is -0.475 e. The fourth-order valence-corrected chi connectivity index (χ4v) is 5.28. The summed E-state index contributed by atoms with van der Waals surface area (Å²) in [6.45, 7) is 9.63. The van der Waals surface area contributed by atoms with E-state index in [1.165, 1.54) is 17.1 Å². The van der Waals surface area contributed by atoms with Gasteiger partial charge in [0.1, 0.15) is 10.6 Å². The highest BCUT2D eigenvalue weighted by molar-refractivity contribution is 7.07. The van der Waals surface area contributed by atoms with Crippen molar-refractivity contribution in [3.8, 4) is 0 Å². The number of aliphatic carboxylic acids is 1. The molecule has 9 nitrogen and oxygen atoms in total. The van der Waals surface area contributed by atoms with E-state index < -0.39 is 12.1 Å². The highest BCUT2D eigenvalue weighted by Gasteiger charge is 2.45. The van der Waals surface area contributed by atoms with Crippen LogP contribution in [0.4, 0.5) is 13.2 Å². The molecule has 4 heterocycles. The predicted octanol–water partition coefficient (Wildman–Crippen LogP) is 3.75. The van der Waals surface area contributed by atoms with E-state index in [0.717, 1.165) is 75.4 Å². The topological polar surface area (TPSA) is 113 Å². The van der Waals surface area contributed by atoms with Crippen LogP contribution in [-0.2, 0) is 11.3 Å². The molecule has 0 bridgehead atoms.